The zero-order valence-corrected chi connectivity index (χ0v) is 16.1. The summed E-state index contributed by atoms with van der Waals surface area (Å²) >= 11 is 0. The van der Waals surface area contributed by atoms with Gasteiger partial charge in [-0.25, -0.2) is 4.79 Å². The predicted octanol–water partition coefficient (Wildman–Crippen LogP) is 2.72. The molecule has 2 aromatic rings. The molecule has 1 amide bonds. The van der Waals surface area contributed by atoms with Crippen LogP contribution in [-0.2, 0) is 17.7 Å². The molecule has 144 valence electrons. The predicted molar refractivity (Wildman–Crippen MR) is 104 cm³/mol. The Morgan fingerprint density at radius 2 is 2.00 bits per heavy atom. The first-order valence-corrected chi connectivity index (χ1v) is 9.15. The number of aryl methyl sites for hydroxylation is 3. The normalized spacial score (nSPS) is 10.5. The number of amides is 1. The Hall–Kier alpha value is -2.89. The van der Waals surface area contributed by atoms with E-state index in [9.17, 15) is 14.4 Å². The molecule has 0 saturated heterocycles. The standard InChI is InChI=1S/C21H26N2O4/c1-4-5-11-27-21(26)17-13-18(19(24)22-3)20(25)23(14-17)10-9-16-8-6-7-15(2)12-16/h6-8,12-14H,4-5,9-11H2,1-3H3,(H,22,24). The van der Waals surface area contributed by atoms with E-state index >= 15 is 0 Å². The highest BCUT2D eigenvalue weighted by Gasteiger charge is 2.17. The van der Waals surface area contributed by atoms with Gasteiger partial charge in [0.05, 0.1) is 12.2 Å². The van der Waals surface area contributed by atoms with E-state index < -0.39 is 17.4 Å². The van der Waals surface area contributed by atoms with Crippen molar-refractivity contribution >= 4 is 11.9 Å². The molecule has 0 spiro atoms. The Morgan fingerprint density at radius 3 is 2.67 bits per heavy atom. The summed E-state index contributed by atoms with van der Waals surface area (Å²) in [5, 5.41) is 2.44. The van der Waals surface area contributed by atoms with Crippen LogP contribution in [0.5, 0.6) is 0 Å². The fourth-order valence-corrected chi connectivity index (χ4v) is 2.72. The zero-order valence-electron chi connectivity index (χ0n) is 16.1. The number of pyridine rings is 1. The van der Waals surface area contributed by atoms with Crippen molar-refractivity contribution in [2.75, 3.05) is 13.7 Å². The number of carbonyl (C=O) groups is 2. The molecular weight excluding hydrogens is 344 g/mol. The van der Waals surface area contributed by atoms with Crippen molar-refractivity contribution in [1.82, 2.24) is 9.88 Å². The van der Waals surface area contributed by atoms with Crippen LogP contribution in [0.2, 0.25) is 0 Å². The average Bonchev–Trinajstić information content (AvgIpc) is 2.66. The zero-order chi connectivity index (χ0) is 19.8. The van der Waals surface area contributed by atoms with Gasteiger partial charge in [-0.1, -0.05) is 43.2 Å². The van der Waals surface area contributed by atoms with Gasteiger partial charge in [0.25, 0.3) is 11.5 Å². The van der Waals surface area contributed by atoms with E-state index in [4.69, 9.17) is 4.74 Å². The lowest BCUT2D eigenvalue weighted by molar-refractivity contribution is 0.0498. The lowest BCUT2D eigenvalue weighted by atomic mass is 10.1. The molecule has 0 aliphatic carbocycles. The second kappa shape index (κ2) is 9.71. The molecular formula is C21H26N2O4. The van der Waals surface area contributed by atoms with Crippen molar-refractivity contribution in [3.05, 3.63) is 69.1 Å². The van der Waals surface area contributed by atoms with E-state index in [1.165, 1.54) is 23.9 Å². The third-order valence-electron chi connectivity index (χ3n) is 4.25. The highest BCUT2D eigenvalue weighted by Crippen LogP contribution is 2.08. The molecule has 0 radical (unpaired) electrons. The molecule has 1 aromatic carbocycles. The van der Waals surface area contributed by atoms with Gasteiger partial charge in [-0.3, -0.25) is 9.59 Å². The lowest BCUT2D eigenvalue weighted by Gasteiger charge is -2.12. The quantitative estimate of drug-likeness (QED) is 0.572. The van der Waals surface area contributed by atoms with Gasteiger partial charge in [-0.2, -0.15) is 0 Å². The highest BCUT2D eigenvalue weighted by atomic mass is 16.5. The topological polar surface area (TPSA) is 77.4 Å². The van der Waals surface area contributed by atoms with Crippen molar-refractivity contribution in [3.8, 4) is 0 Å². The van der Waals surface area contributed by atoms with E-state index in [1.807, 2.05) is 38.1 Å². The Kier molecular flexibility index (Phi) is 7.34. The number of carbonyl (C=O) groups excluding carboxylic acids is 2. The van der Waals surface area contributed by atoms with E-state index in [-0.39, 0.29) is 11.1 Å². The van der Waals surface area contributed by atoms with Gasteiger partial charge >= 0.3 is 5.97 Å². The van der Waals surface area contributed by atoms with Crippen LogP contribution in [0.25, 0.3) is 0 Å². The summed E-state index contributed by atoms with van der Waals surface area (Å²) in [6.07, 6.45) is 3.76. The number of benzene rings is 1. The number of nitrogens with one attached hydrogen (secondary N) is 1. The monoisotopic (exact) mass is 370 g/mol. The first-order chi connectivity index (χ1) is 13.0. The SMILES string of the molecule is CCCCOC(=O)c1cc(C(=O)NC)c(=O)n(CCc2cccc(C)c2)c1. The van der Waals surface area contributed by atoms with Crippen LogP contribution in [0.15, 0.2) is 41.3 Å². The van der Waals surface area contributed by atoms with Crippen molar-refractivity contribution in [2.45, 2.75) is 39.7 Å². The summed E-state index contributed by atoms with van der Waals surface area (Å²) < 4.78 is 6.63. The second-order valence-electron chi connectivity index (χ2n) is 6.45. The minimum absolute atomic E-state index is 0.0633. The second-order valence-corrected chi connectivity index (χ2v) is 6.45. The first kappa shape index (κ1) is 20.4. The fraction of sp³-hybridized carbons (Fsp3) is 0.381. The van der Waals surface area contributed by atoms with Crippen LogP contribution in [0.4, 0.5) is 0 Å². The summed E-state index contributed by atoms with van der Waals surface area (Å²) in [5.41, 5.74) is 1.94. The largest absolute Gasteiger partial charge is 0.462 e. The summed E-state index contributed by atoms with van der Waals surface area (Å²) in [6, 6.07) is 9.31. The summed E-state index contributed by atoms with van der Waals surface area (Å²) in [5.74, 6) is -1.05. The number of aromatic nitrogens is 1. The van der Waals surface area contributed by atoms with Crippen LogP contribution >= 0.6 is 0 Å². The molecule has 0 bridgehead atoms. The van der Waals surface area contributed by atoms with E-state index in [0.717, 1.165) is 24.0 Å². The minimum atomic E-state index is -0.530. The maximum Gasteiger partial charge on any atom is 0.339 e. The number of unbranched alkanes of at least 4 members (excludes halogenated alkanes) is 1. The summed E-state index contributed by atoms with van der Waals surface area (Å²) in [6.45, 7) is 4.69. The van der Waals surface area contributed by atoms with Crippen LogP contribution in [0, 0.1) is 6.92 Å². The molecule has 0 aliphatic rings. The summed E-state index contributed by atoms with van der Waals surface area (Å²) in [7, 11) is 1.45. The van der Waals surface area contributed by atoms with Gasteiger partial charge in [0, 0.05) is 19.8 Å². The fourth-order valence-electron chi connectivity index (χ4n) is 2.72. The Bertz CT molecular complexity index is 871. The van der Waals surface area contributed by atoms with Crippen LogP contribution in [0.3, 0.4) is 0 Å². The Labute approximate surface area is 159 Å². The number of hydrogen-bond acceptors (Lipinski definition) is 4. The molecule has 27 heavy (non-hydrogen) atoms. The molecule has 6 heteroatoms. The molecule has 2 rings (SSSR count). The molecule has 1 aromatic heterocycles. The molecule has 6 nitrogen and oxygen atoms in total. The van der Waals surface area contributed by atoms with Gasteiger partial charge in [-0.15, -0.1) is 0 Å². The maximum absolute atomic E-state index is 12.6. The Balaban J connectivity index is 2.30. The molecule has 0 atom stereocenters. The third-order valence-corrected chi connectivity index (χ3v) is 4.25. The number of esters is 1. The van der Waals surface area contributed by atoms with Crippen LogP contribution in [0.1, 0.15) is 51.6 Å². The smallest absolute Gasteiger partial charge is 0.339 e. The lowest BCUT2D eigenvalue weighted by Crippen LogP contribution is -2.32. The minimum Gasteiger partial charge on any atom is -0.462 e. The maximum atomic E-state index is 12.6. The van der Waals surface area contributed by atoms with Crippen molar-refractivity contribution < 1.29 is 14.3 Å². The van der Waals surface area contributed by atoms with Crippen LogP contribution in [-0.4, -0.2) is 30.1 Å². The van der Waals surface area contributed by atoms with Gasteiger partial charge < -0.3 is 14.6 Å². The highest BCUT2D eigenvalue weighted by molar-refractivity contribution is 5.97. The number of hydrogen-bond donors (Lipinski definition) is 1. The number of rotatable bonds is 8. The number of ether oxygens (including phenoxy) is 1. The molecule has 1 heterocycles. The van der Waals surface area contributed by atoms with E-state index in [1.54, 1.807) is 0 Å². The van der Waals surface area contributed by atoms with Crippen LogP contribution < -0.4 is 10.9 Å². The number of nitrogens with zero attached hydrogens (tertiary/aromatic N) is 1. The van der Waals surface area contributed by atoms with Gasteiger partial charge in [0.15, 0.2) is 0 Å². The van der Waals surface area contributed by atoms with E-state index in [0.29, 0.717) is 19.6 Å². The molecule has 0 aliphatic heterocycles. The average molecular weight is 370 g/mol. The van der Waals surface area contributed by atoms with Gasteiger partial charge in [0.1, 0.15) is 5.56 Å². The third kappa shape index (κ3) is 5.54. The van der Waals surface area contributed by atoms with Crippen molar-refractivity contribution in [2.24, 2.45) is 0 Å². The summed E-state index contributed by atoms with van der Waals surface area (Å²) in [4.78, 5) is 37.0. The molecule has 1 N–H and O–H groups in total. The molecule has 0 fully saturated rings. The Morgan fingerprint density at radius 1 is 1.22 bits per heavy atom. The van der Waals surface area contributed by atoms with Crippen molar-refractivity contribution in [3.63, 3.8) is 0 Å². The van der Waals surface area contributed by atoms with Gasteiger partial charge in [0.2, 0.25) is 0 Å². The molecule has 0 unspecified atom stereocenters. The van der Waals surface area contributed by atoms with Gasteiger partial charge in [-0.05, 0) is 31.4 Å². The first-order valence-electron chi connectivity index (χ1n) is 9.15. The molecule has 0 saturated carbocycles. The van der Waals surface area contributed by atoms with Crippen molar-refractivity contribution in [1.29, 1.82) is 0 Å². The van der Waals surface area contributed by atoms with E-state index in [2.05, 4.69) is 5.32 Å².